The predicted octanol–water partition coefficient (Wildman–Crippen LogP) is 3.11. The minimum Gasteiger partial charge on any atom is -0.280 e. The molecule has 1 heterocycles. The van der Waals surface area contributed by atoms with E-state index < -0.39 is 27.3 Å². The molecule has 0 fully saturated rings. The number of aryl methyl sites for hydroxylation is 1. The van der Waals surface area contributed by atoms with Crippen molar-refractivity contribution in [3.05, 3.63) is 58.3 Å². The molecule has 0 aliphatic rings. The van der Waals surface area contributed by atoms with Crippen LogP contribution in [0.1, 0.15) is 5.56 Å². The number of sulfonamides is 1. The molecule has 0 atom stereocenters. The normalized spacial score (nSPS) is 11.4. The van der Waals surface area contributed by atoms with Gasteiger partial charge in [0.2, 0.25) is 10.0 Å². The first-order valence-corrected chi connectivity index (χ1v) is 8.36. The van der Waals surface area contributed by atoms with Crippen molar-refractivity contribution >= 4 is 31.6 Å². The number of hydrogen-bond acceptors (Lipinski definition) is 3. The third kappa shape index (κ3) is 4.47. The Morgan fingerprint density at radius 3 is 2.48 bits per heavy atom. The largest absolute Gasteiger partial charge is 0.280 e. The van der Waals surface area contributed by atoms with E-state index in [2.05, 4.69) is 20.9 Å². The Hall–Kier alpha value is -1.54. The van der Waals surface area contributed by atoms with Crippen molar-refractivity contribution in [2.75, 3.05) is 10.5 Å². The molecule has 1 aromatic heterocycles. The topological polar surface area (TPSA) is 59.1 Å². The van der Waals surface area contributed by atoms with E-state index in [-0.39, 0.29) is 16.6 Å². The van der Waals surface area contributed by atoms with Crippen LogP contribution in [-0.2, 0) is 16.4 Å². The van der Waals surface area contributed by atoms with E-state index >= 15 is 0 Å². The zero-order valence-corrected chi connectivity index (χ0v) is 13.1. The fourth-order valence-corrected chi connectivity index (χ4v) is 3.03. The molecule has 0 spiro atoms. The van der Waals surface area contributed by atoms with Crippen molar-refractivity contribution < 1.29 is 17.2 Å². The minimum atomic E-state index is -3.78. The first-order chi connectivity index (χ1) is 9.87. The number of aromatic nitrogens is 1. The lowest BCUT2D eigenvalue weighted by Crippen LogP contribution is -2.19. The van der Waals surface area contributed by atoms with Gasteiger partial charge in [0.1, 0.15) is 11.6 Å². The predicted molar refractivity (Wildman–Crippen MR) is 79.4 cm³/mol. The molecule has 0 saturated carbocycles. The smallest absolute Gasteiger partial charge is 0.233 e. The number of rotatable bonds is 5. The molecule has 1 aromatic carbocycles. The zero-order chi connectivity index (χ0) is 15.5. The maximum Gasteiger partial charge on any atom is 0.233 e. The average molecular weight is 377 g/mol. The molecule has 0 aliphatic heterocycles. The molecule has 2 rings (SSSR count). The van der Waals surface area contributed by atoms with E-state index in [1.54, 1.807) is 24.5 Å². The van der Waals surface area contributed by atoms with Crippen LogP contribution in [0.2, 0.25) is 0 Å². The highest BCUT2D eigenvalue weighted by molar-refractivity contribution is 9.10. The van der Waals surface area contributed by atoms with Gasteiger partial charge in [-0.1, -0.05) is 0 Å². The molecular weight excluding hydrogens is 366 g/mol. The van der Waals surface area contributed by atoms with Crippen LogP contribution in [0.25, 0.3) is 0 Å². The standard InChI is InChI=1S/C13H11BrF2N2O2S/c14-10-7-12(16)13(8-11(10)15)18-21(19,20)6-3-9-1-4-17-5-2-9/h1-2,4-5,7-8,18H,3,6H2. The van der Waals surface area contributed by atoms with Crippen LogP contribution in [0.5, 0.6) is 0 Å². The van der Waals surface area contributed by atoms with Gasteiger partial charge in [0.15, 0.2) is 0 Å². The highest BCUT2D eigenvalue weighted by Gasteiger charge is 2.15. The zero-order valence-electron chi connectivity index (χ0n) is 10.7. The van der Waals surface area contributed by atoms with Gasteiger partial charge in [0.25, 0.3) is 0 Å². The van der Waals surface area contributed by atoms with Crippen LogP contribution in [0.4, 0.5) is 14.5 Å². The fraction of sp³-hybridized carbons (Fsp3) is 0.154. The van der Waals surface area contributed by atoms with Crippen molar-refractivity contribution in [3.63, 3.8) is 0 Å². The van der Waals surface area contributed by atoms with Gasteiger partial charge in [-0.05, 0) is 46.1 Å². The summed E-state index contributed by atoms with van der Waals surface area (Å²) in [4.78, 5) is 3.83. The molecule has 0 radical (unpaired) electrons. The lowest BCUT2D eigenvalue weighted by atomic mass is 10.2. The summed E-state index contributed by atoms with van der Waals surface area (Å²) in [5.41, 5.74) is 0.378. The summed E-state index contributed by atoms with van der Waals surface area (Å²) in [6, 6.07) is 5.05. The maximum atomic E-state index is 13.6. The molecule has 4 nitrogen and oxygen atoms in total. The number of benzene rings is 1. The second-order valence-electron chi connectivity index (χ2n) is 4.27. The van der Waals surface area contributed by atoms with Crippen LogP contribution >= 0.6 is 15.9 Å². The third-order valence-corrected chi connectivity index (χ3v) is 4.56. The summed E-state index contributed by atoms with van der Waals surface area (Å²) in [5, 5.41) is 0. The molecule has 0 bridgehead atoms. The number of anilines is 1. The Morgan fingerprint density at radius 2 is 1.81 bits per heavy atom. The molecule has 0 amide bonds. The summed E-state index contributed by atoms with van der Waals surface area (Å²) in [6.45, 7) is 0. The van der Waals surface area contributed by atoms with Gasteiger partial charge in [-0.2, -0.15) is 0 Å². The van der Waals surface area contributed by atoms with E-state index in [4.69, 9.17) is 0 Å². The minimum absolute atomic E-state index is 0.0697. The molecule has 8 heteroatoms. The van der Waals surface area contributed by atoms with E-state index in [9.17, 15) is 17.2 Å². The molecule has 2 aromatic rings. The summed E-state index contributed by atoms with van der Waals surface area (Å²) < 4.78 is 52.7. The van der Waals surface area contributed by atoms with Crippen molar-refractivity contribution in [1.29, 1.82) is 0 Å². The first-order valence-electron chi connectivity index (χ1n) is 5.91. The summed E-state index contributed by atoms with van der Waals surface area (Å²) in [7, 11) is -3.78. The van der Waals surface area contributed by atoms with Crippen molar-refractivity contribution in [1.82, 2.24) is 4.98 Å². The van der Waals surface area contributed by atoms with Gasteiger partial charge in [-0.15, -0.1) is 0 Å². The molecular formula is C13H11BrF2N2O2S. The van der Waals surface area contributed by atoms with Crippen LogP contribution in [0.3, 0.4) is 0 Å². The Bertz CT molecular complexity index is 739. The number of pyridine rings is 1. The molecule has 0 unspecified atom stereocenters. The van der Waals surface area contributed by atoms with Gasteiger partial charge in [-0.25, -0.2) is 17.2 Å². The lowest BCUT2D eigenvalue weighted by molar-refractivity contribution is 0.591. The van der Waals surface area contributed by atoms with Gasteiger partial charge in [-0.3, -0.25) is 9.71 Å². The second kappa shape index (κ2) is 6.48. The van der Waals surface area contributed by atoms with Crippen LogP contribution < -0.4 is 4.72 Å². The lowest BCUT2D eigenvalue weighted by Gasteiger charge is -2.09. The van der Waals surface area contributed by atoms with Gasteiger partial charge >= 0.3 is 0 Å². The number of halogens is 3. The number of nitrogens with one attached hydrogen (secondary N) is 1. The van der Waals surface area contributed by atoms with Crippen molar-refractivity contribution in [2.45, 2.75) is 6.42 Å². The van der Waals surface area contributed by atoms with E-state index in [1.807, 2.05) is 4.72 Å². The Balaban J connectivity index is 2.09. The summed E-state index contributed by atoms with van der Waals surface area (Å²) in [6.07, 6.45) is 3.36. The number of nitrogens with zero attached hydrogens (tertiary/aromatic N) is 1. The fourth-order valence-electron chi connectivity index (χ4n) is 1.62. The van der Waals surface area contributed by atoms with E-state index in [0.717, 1.165) is 17.7 Å². The van der Waals surface area contributed by atoms with Crippen molar-refractivity contribution in [3.8, 4) is 0 Å². The highest BCUT2D eigenvalue weighted by atomic mass is 79.9. The van der Waals surface area contributed by atoms with Crippen molar-refractivity contribution in [2.24, 2.45) is 0 Å². The van der Waals surface area contributed by atoms with Crippen LogP contribution in [0, 0.1) is 11.6 Å². The van der Waals surface area contributed by atoms with Gasteiger partial charge in [0, 0.05) is 18.5 Å². The Labute approximate surface area is 129 Å². The molecule has 0 aliphatic carbocycles. The molecule has 1 N–H and O–H groups in total. The molecule has 0 saturated heterocycles. The molecule has 21 heavy (non-hydrogen) atoms. The highest BCUT2D eigenvalue weighted by Crippen LogP contribution is 2.24. The first kappa shape index (κ1) is 15.8. The molecule has 112 valence electrons. The van der Waals surface area contributed by atoms with Gasteiger partial charge in [0.05, 0.1) is 15.9 Å². The SMILES string of the molecule is O=S(=O)(CCc1ccncc1)Nc1cc(F)c(Br)cc1F. The van der Waals surface area contributed by atoms with Crippen LogP contribution in [-0.4, -0.2) is 19.2 Å². The number of hydrogen-bond donors (Lipinski definition) is 1. The Morgan fingerprint density at radius 1 is 1.14 bits per heavy atom. The second-order valence-corrected chi connectivity index (χ2v) is 6.97. The van der Waals surface area contributed by atoms with E-state index in [0.29, 0.717) is 0 Å². The quantitative estimate of drug-likeness (QED) is 0.815. The third-order valence-electron chi connectivity index (χ3n) is 2.68. The summed E-state index contributed by atoms with van der Waals surface area (Å²) in [5.74, 6) is -1.84. The monoisotopic (exact) mass is 376 g/mol. The van der Waals surface area contributed by atoms with Gasteiger partial charge < -0.3 is 0 Å². The summed E-state index contributed by atoms with van der Waals surface area (Å²) >= 11 is 2.82. The van der Waals surface area contributed by atoms with E-state index in [1.165, 1.54) is 0 Å². The van der Waals surface area contributed by atoms with Crippen LogP contribution in [0.15, 0.2) is 41.1 Å². The maximum absolute atomic E-state index is 13.6. The average Bonchev–Trinajstić information content (AvgIpc) is 2.44. The Kier molecular flexibility index (Phi) is 4.89.